The molecule has 0 aromatic rings. The maximum atomic E-state index is 11.6. The molecule has 0 fully saturated rings. The molecule has 0 saturated carbocycles. The first-order valence-electron chi connectivity index (χ1n) is 6.42. The molecule has 0 unspecified atom stereocenters. The quantitative estimate of drug-likeness (QED) is 0.445. The number of hydrogen-bond acceptors (Lipinski definition) is 3. The summed E-state index contributed by atoms with van der Waals surface area (Å²) >= 11 is 0. The van der Waals surface area contributed by atoms with Crippen molar-refractivity contribution in [3.05, 3.63) is 35.5 Å². The number of ketones is 1. The maximum absolute atomic E-state index is 11.6. The molecule has 0 heterocycles. The van der Waals surface area contributed by atoms with Gasteiger partial charge in [-0.25, -0.2) is 4.79 Å². The maximum Gasteiger partial charge on any atom is 0.330 e. The third-order valence-corrected chi connectivity index (χ3v) is 3.45. The van der Waals surface area contributed by atoms with E-state index in [1.807, 2.05) is 19.9 Å². The predicted molar refractivity (Wildman–Crippen MR) is 75.6 cm³/mol. The van der Waals surface area contributed by atoms with Gasteiger partial charge in [0.15, 0.2) is 5.78 Å². The van der Waals surface area contributed by atoms with Crippen molar-refractivity contribution in [3.63, 3.8) is 0 Å². The topological polar surface area (TPSA) is 43.4 Å². The molecular weight excluding hydrogens is 240 g/mol. The SMILES string of the molecule is COC(=O)/C=C(C)\C=C\[C@@H]1C(C)=CC(=O)CC1(C)C. The van der Waals surface area contributed by atoms with Crippen LogP contribution in [0.2, 0.25) is 0 Å². The van der Waals surface area contributed by atoms with E-state index in [9.17, 15) is 9.59 Å². The number of methoxy groups -OCH3 is 1. The number of carbonyl (C=O) groups excluding carboxylic acids is 2. The summed E-state index contributed by atoms with van der Waals surface area (Å²) in [6.45, 7) is 8.02. The number of allylic oxidation sites excluding steroid dienone is 5. The van der Waals surface area contributed by atoms with E-state index in [0.29, 0.717) is 6.42 Å². The van der Waals surface area contributed by atoms with Crippen molar-refractivity contribution in [1.82, 2.24) is 0 Å². The zero-order valence-corrected chi connectivity index (χ0v) is 12.3. The fourth-order valence-corrected chi connectivity index (χ4v) is 2.52. The fraction of sp³-hybridized carbons (Fsp3) is 0.500. The fourth-order valence-electron chi connectivity index (χ4n) is 2.52. The molecular formula is C16H22O3. The van der Waals surface area contributed by atoms with Crippen molar-refractivity contribution in [1.29, 1.82) is 0 Å². The molecule has 1 atom stereocenters. The summed E-state index contributed by atoms with van der Waals surface area (Å²) in [5.74, 6) is 0.0488. The van der Waals surface area contributed by atoms with E-state index >= 15 is 0 Å². The van der Waals surface area contributed by atoms with E-state index in [2.05, 4.69) is 24.7 Å². The van der Waals surface area contributed by atoms with Gasteiger partial charge in [-0.1, -0.05) is 31.6 Å². The minimum absolute atomic E-state index is 0.0854. The van der Waals surface area contributed by atoms with Crippen LogP contribution in [0, 0.1) is 11.3 Å². The summed E-state index contributed by atoms with van der Waals surface area (Å²) < 4.78 is 4.58. The Balaban J connectivity index is 2.91. The predicted octanol–water partition coefficient (Wildman–Crippen LogP) is 3.22. The van der Waals surface area contributed by atoms with Crippen LogP contribution in [0.1, 0.15) is 34.1 Å². The average Bonchev–Trinajstić information content (AvgIpc) is 2.25. The van der Waals surface area contributed by atoms with E-state index in [4.69, 9.17) is 0 Å². The Morgan fingerprint density at radius 2 is 2.11 bits per heavy atom. The smallest absolute Gasteiger partial charge is 0.330 e. The van der Waals surface area contributed by atoms with Crippen LogP contribution in [0.15, 0.2) is 35.5 Å². The highest BCUT2D eigenvalue weighted by atomic mass is 16.5. The molecule has 104 valence electrons. The van der Waals surface area contributed by atoms with Gasteiger partial charge in [0.1, 0.15) is 0 Å². The minimum Gasteiger partial charge on any atom is -0.466 e. The van der Waals surface area contributed by atoms with Crippen LogP contribution < -0.4 is 0 Å². The average molecular weight is 262 g/mol. The molecule has 1 aliphatic rings. The first kappa shape index (κ1) is 15.4. The van der Waals surface area contributed by atoms with Gasteiger partial charge in [-0.3, -0.25) is 4.79 Å². The van der Waals surface area contributed by atoms with Gasteiger partial charge in [-0.05, 0) is 30.9 Å². The first-order chi connectivity index (χ1) is 8.76. The van der Waals surface area contributed by atoms with Crippen molar-refractivity contribution < 1.29 is 14.3 Å². The van der Waals surface area contributed by atoms with E-state index in [1.165, 1.54) is 13.2 Å². The van der Waals surface area contributed by atoms with E-state index in [1.54, 1.807) is 6.08 Å². The van der Waals surface area contributed by atoms with E-state index in [-0.39, 0.29) is 23.1 Å². The molecule has 0 aromatic heterocycles. The third-order valence-electron chi connectivity index (χ3n) is 3.45. The highest BCUT2D eigenvalue weighted by molar-refractivity contribution is 5.92. The molecule has 0 bridgehead atoms. The molecule has 1 aliphatic carbocycles. The highest BCUT2D eigenvalue weighted by Gasteiger charge is 2.34. The Kier molecular flexibility index (Phi) is 4.87. The lowest BCUT2D eigenvalue weighted by molar-refractivity contribution is -0.134. The van der Waals surface area contributed by atoms with Gasteiger partial charge >= 0.3 is 5.97 Å². The van der Waals surface area contributed by atoms with Crippen LogP contribution >= 0.6 is 0 Å². The Bertz CT molecular complexity index is 464. The molecule has 0 aliphatic heterocycles. The zero-order chi connectivity index (χ0) is 14.6. The molecule has 0 radical (unpaired) electrons. The summed E-state index contributed by atoms with van der Waals surface area (Å²) in [6, 6.07) is 0. The van der Waals surface area contributed by atoms with Gasteiger partial charge in [0.2, 0.25) is 0 Å². The molecule has 0 amide bonds. The second kappa shape index (κ2) is 6.00. The van der Waals surface area contributed by atoms with Crippen molar-refractivity contribution in [2.75, 3.05) is 7.11 Å². The monoisotopic (exact) mass is 262 g/mol. The van der Waals surface area contributed by atoms with Gasteiger partial charge in [0.25, 0.3) is 0 Å². The molecule has 19 heavy (non-hydrogen) atoms. The van der Waals surface area contributed by atoms with Crippen molar-refractivity contribution in [3.8, 4) is 0 Å². The van der Waals surface area contributed by atoms with Crippen LogP contribution in [0.5, 0.6) is 0 Å². The summed E-state index contributed by atoms with van der Waals surface area (Å²) in [4.78, 5) is 22.7. The second-order valence-corrected chi connectivity index (χ2v) is 5.77. The first-order valence-corrected chi connectivity index (χ1v) is 6.42. The van der Waals surface area contributed by atoms with Gasteiger partial charge in [0, 0.05) is 18.4 Å². The van der Waals surface area contributed by atoms with Crippen molar-refractivity contribution in [2.24, 2.45) is 11.3 Å². The summed E-state index contributed by atoms with van der Waals surface area (Å²) in [5.41, 5.74) is 1.83. The number of ether oxygens (including phenoxy) is 1. The number of esters is 1. The molecule has 0 aromatic carbocycles. The van der Waals surface area contributed by atoms with Gasteiger partial charge in [0.05, 0.1) is 7.11 Å². The third kappa shape index (κ3) is 4.19. The number of carbonyl (C=O) groups is 2. The van der Waals surface area contributed by atoms with Crippen LogP contribution in [0.3, 0.4) is 0 Å². The molecule has 0 saturated heterocycles. The molecule has 3 heteroatoms. The van der Waals surface area contributed by atoms with Gasteiger partial charge < -0.3 is 4.74 Å². The Morgan fingerprint density at radius 1 is 1.47 bits per heavy atom. The van der Waals surface area contributed by atoms with Gasteiger partial charge in [-0.2, -0.15) is 0 Å². The number of hydrogen-bond donors (Lipinski definition) is 0. The lowest BCUT2D eigenvalue weighted by Gasteiger charge is -2.35. The Morgan fingerprint density at radius 3 is 2.63 bits per heavy atom. The largest absolute Gasteiger partial charge is 0.466 e. The van der Waals surface area contributed by atoms with Crippen LogP contribution in [0.25, 0.3) is 0 Å². The normalized spacial score (nSPS) is 23.4. The highest BCUT2D eigenvalue weighted by Crippen LogP contribution is 2.40. The van der Waals surface area contributed by atoms with E-state index in [0.717, 1.165) is 11.1 Å². The minimum atomic E-state index is -0.354. The lowest BCUT2D eigenvalue weighted by atomic mass is 9.68. The van der Waals surface area contributed by atoms with Crippen LogP contribution in [-0.4, -0.2) is 18.9 Å². The van der Waals surface area contributed by atoms with Crippen LogP contribution in [-0.2, 0) is 14.3 Å². The number of rotatable bonds is 3. The van der Waals surface area contributed by atoms with Crippen molar-refractivity contribution >= 4 is 11.8 Å². The molecule has 0 N–H and O–H groups in total. The molecule has 1 rings (SSSR count). The van der Waals surface area contributed by atoms with Crippen LogP contribution in [0.4, 0.5) is 0 Å². The Labute approximate surface area is 115 Å². The summed E-state index contributed by atoms with van der Waals surface area (Å²) in [6.07, 6.45) is 7.71. The summed E-state index contributed by atoms with van der Waals surface area (Å²) in [7, 11) is 1.36. The Hall–Kier alpha value is -1.64. The van der Waals surface area contributed by atoms with Crippen molar-refractivity contribution in [2.45, 2.75) is 34.1 Å². The second-order valence-electron chi connectivity index (χ2n) is 5.77. The lowest BCUT2D eigenvalue weighted by Crippen LogP contribution is -2.30. The molecule has 3 nitrogen and oxygen atoms in total. The van der Waals surface area contributed by atoms with Gasteiger partial charge in [-0.15, -0.1) is 0 Å². The van der Waals surface area contributed by atoms with E-state index < -0.39 is 0 Å². The zero-order valence-electron chi connectivity index (χ0n) is 12.3. The standard InChI is InChI=1S/C16H22O3/c1-11(8-15(18)19-5)6-7-14-12(2)9-13(17)10-16(14,3)4/h6-9,14H,10H2,1-5H3/b7-6+,11-8-/t14-/m1/s1. The molecule has 0 spiro atoms. The summed E-state index contributed by atoms with van der Waals surface area (Å²) in [5, 5.41) is 0.